The molecule has 0 saturated carbocycles. The molecule has 3 rings (SSSR count). The Morgan fingerprint density at radius 1 is 1.31 bits per heavy atom. The third-order valence-corrected chi connectivity index (χ3v) is 4.14. The molecule has 2 aromatic carbocycles. The highest BCUT2D eigenvalue weighted by Crippen LogP contribution is 2.18. The molecule has 0 atom stereocenters. The van der Waals surface area contributed by atoms with Crippen molar-refractivity contribution in [3.05, 3.63) is 65.7 Å². The van der Waals surface area contributed by atoms with Crippen LogP contribution in [0.1, 0.15) is 11.4 Å². The lowest BCUT2D eigenvalue weighted by Crippen LogP contribution is -2.24. The van der Waals surface area contributed by atoms with E-state index in [-0.39, 0.29) is 11.7 Å². The zero-order chi connectivity index (χ0) is 18.5. The Labute approximate surface area is 151 Å². The number of rotatable bonds is 6. The van der Waals surface area contributed by atoms with Crippen LogP contribution in [0.3, 0.4) is 0 Å². The third-order valence-electron chi connectivity index (χ3n) is 4.14. The predicted molar refractivity (Wildman–Crippen MR) is 99.4 cm³/mol. The number of aryl methyl sites for hydroxylation is 1. The summed E-state index contributed by atoms with van der Waals surface area (Å²) in [4.78, 5) is 16.4. The molecular formula is C20H20FN3O2. The van der Waals surface area contributed by atoms with E-state index < -0.39 is 0 Å². The van der Waals surface area contributed by atoms with E-state index in [1.807, 2.05) is 35.9 Å². The molecule has 1 aromatic heterocycles. The van der Waals surface area contributed by atoms with E-state index in [0.717, 1.165) is 16.9 Å². The Balaban J connectivity index is 1.59. The third kappa shape index (κ3) is 3.91. The van der Waals surface area contributed by atoms with Crippen LogP contribution in [0.15, 0.2) is 48.5 Å². The number of amides is 1. The van der Waals surface area contributed by atoms with Crippen LogP contribution in [-0.2, 0) is 18.3 Å². The molecule has 5 nitrogen and oxygen atoms in total. The first kappa shape index (κ1) is 17.7. The molecule has 0 saturated heterocycles. The number of nitrogens with one attached hydrogen (secondary N) is 1. The van der Waals surface area contributed by atoms with Crippen LogP contribution in [0.4, 0.5) is 4.39 Å². The normalized spacial score (nSPS) is 11.2. The van der Waals surface area contributed by atoms with Crippen LogP contribution in [-0.4, -0.2) is 29.1 Å². The second-order valence-electron chi connectivity index (χ2n) is 5.84. The Morgan fingerprint density at radius 2 is 2.12 bits per heavy atom. The standard InChI is InChI=1S/C20H20FN3O2/c1-24-17-9-8-15(21)13-16(17)23-19(24)11-12-22-20(25)10-7-14-5-3-4-6-18(14)26-2/h3-10,13H,11-12H2,1-2H3,(H,22,25). The van der Waals surface area contributed by atoms with Crippen molar-refractivity contribution in [3.8, 4) is 5.75 Å². The number of nitrogens with zero attached hydrogens (tertiary/aromatic N) is 2. The molecule has 134 valence electrons. The molecule has 26 heavy (non-hydrogen) atoms. The Kier molecular flexibility index (Phi) is 5.31. The number of ether oxygens (including phenoxy) is 1. The molecule has 0 aliphatic rings. The van der Waals surface area contributed by atoms with Crippen molar-refractivity contribution in [2.75, 3.05) is 13.7 Å². The fourth-order valence-electron chi connectivity index (χ4n) is 2.77. The van der Waals surface area contributed by atoms with Gasteiger partial charge in [0.25, 0.3) is 0 Å². The second kappa shape index (κ2) is 7.82. The number of imidazole rings is 1. The summed E-state index contributed by atoms with van der Waals surface area (Å²) < 4.78 is 20.4. The minimum absolute atomic E-state index is 0.194. The minimum atomic E-state index is -0.308. The van der Waals surface area contributed by atoms with Crippen molar-refractivity contribution in [2.24, 2.45) is 7.05 Å². The van der Waals surface area contributed by atoms with Gasteiger partial charge >= 0.3 is 0 Å². The van der Waals surface area contributed by atoms with Gasteiger partial charge in [0.05, 0.1) is 18.1 Å². The van der Waals surface area contributed by atoms with Gasteiger partial charge in [-0.3, -0.25) is 4.79 Å². The number of aromatic nitrogens is 2. The van der Waals surface area contributed by atoms with E-state index in [9.17, 15) is 9.18 Å². The van der Waals surface area contributed by atoms with Gasteiger partial charge in [0.2, 0.25) is 5.91 Å². The van der Waals surface area contributed by atoms with Gasteiger partial charge in [-0.05, 0) is 24.3 Å². The van der Waals surface area contributed by atoms with Crippen LogP contribution < -0.4 is 10.1 Å². The van der Waals surface area contributed by atoms with Crippen molar-refractivity contribution < 1.29 is 13.9 Å². The molecule has 0 bridgehead atoms. The molecule has 0 spiro atoms. The van der Waals surface area contributed by atoms with E-state index in [0.29, 0.717) is 24.2 Å². The highest BCUT2D eigenvalue weighted by molar-refractivity contribution is 5.92. The molecule has 1 amide bonds. The quantitative estimate of drug-likeness (QED) is 0.693. The molecule has 6 heteroatoms. The number of hydrogen-bond donors (Lipinski definition) is 1. The van der Waals surface area contributed by atoms with E-state index in [2.05, 4.69) is 10.3 Å². The van der Waals surface area contributed by atoms with Gasteiger partial charge in [-0.25, -0.2) is 9.37 Å². The molecule has 1 heterocycles. The van der Waals surface area contributed by atoms with Crippen LogP contribution >= 0.6 is 0 Å². The Hall–Kier alpha value is -3.15. The van der Waals surface area contributed by atoms with Crippen molar-refractivity contribution in [1.82, 2.24) is 14.9 Å². The molecule has 0 aliphatic carbocycles. The van der Waals surface area contributed by atoms with Crippen molar-refractivity contribution in [1.29, 1.82) is 0 Å². The average Bonchev–Trinajstić information content (AvgIpc) is 2.95. The molecule has 0 unspecified atom stereocenters. The fraction of sp³-hybridized carbons (Fsp3) is 0.200. The zero-order valence-electron chi connectivity index (χ0n) is 14.7. The topological polar surface area (TPSA) is 56.1 Å². The van der Waals surface area contributed by atoms with Crippen LogP contribution in [0, 0.1) is 5.82 Å². The van der Waals surface area contributed by atoms with Gasteiger partial charge in [-0.15, -0.1) is 0 Å². The molecule has 0 aliphatic heterocycles. The lowest BCUT2D eigenvalue weighted by atomic mass is 10.2. The van der Waals surface area contributed by atoms with E-state index in [1.54, 1.807) is 19.3 Å². The maximum atomic E-state index is 13.3. The number of carbonyl (C=O) groups excluding carboxylic acids is 1. The summed E-state index contributed by atoms with van der Waals surface area (Å²) >= 11 is 0. The first-order valence-electron chi connectivity index (χ1n) is 8.28. The minimum Gasteiger partial charge on any atom is -0.496 e. The predicted octanol–water partition coefficient (Wildman–Crippen LogP) is 3.09. The van der Waals surface area contributed by atoms with Gasteiger partial charge in [-0.1, -0.05) is 18.2 Å². The number of halogens is 1. The molecule has 0 fully saturated rings. The van der Waals surface area contributed by atoms with Crippen molar-refractivity contribution in [2.45, 2.75) is 6.42 Å². The highest BCUT2D eigenvalue weighted by Gasteiger charge is 2.08. The average molecular weight is 353 g/mol. The summed E-state index contributed by atoms with van der Waals surface area (Å²) in [6.45, 7) is 0.439. The molecule has 1 N–H and O–H groups in total. The highest BCUT2D eigenvalue weighted by atomic mass is 19.1. The number of benzene rings is 2. The lowest BCUT2D eigenvalue weighted by Gasteiger charge is -2.05. The smallest absolute Gasteiger partial charge is 0.244 e. The monoisotopic (exact) mass is 353 g/mol. The summed E-state index contributed by atoms with van der Waals surface area (Å²) in [5.41, 5.74) is 2.32. The lowest BCUT2D eigenvalue weighted by molar-refractivity contribution is -0.116. The summed E-state index contributed by atoms with van der Waals surface area (Å²) in [5.74, 6) is 1.00. The summed E-state index contributed by atoms with van der Waals surface area (Å²) in [6, 6.07) is 12.0. The van der Waals surface area contributed by atoms with E-state index >= 15 is 0 Å². The molecule has 0 radical (unpaired) electrons. The number of fused-ring (bicyclic) bond motifs is 1. The SMILES string of the molecule is COc1ccccc1C=CC(=O)NCCc1nc2cc(F)ccc2n1C. The molecule has 3 aromatic rings. The van der Waals surface area contributed by atoms with Gasteiger partial charge in [0.1, 0.15) is 17.4 Å². The zero-order valence-corrected chi connectivity index (χ0v) is 14.7. The van der Waals surface area contributed by atoms with Crippen LogP contribution in [0.2, 0.25) is 0 Å². The van der Waals surface area contributed by atoms with Gasteiger partial charge in [0.15, 0.2) is 0 Å². The largest absolute Gasteiger partial charge is 0.496 e. The van der Waals surface area contributed by atoms with Gasteiger partial charge in [0, 0.05) is 37.7 Å². The Morgan fingerprint density at radius 3 is 2.92 bits per heavy atom. The van der Waals surface area contributed by atoms with Gasteiger partial charge < -0.3 is 14.6 Å². The van der Waals surface area contributed by atoms with Gasteiger partial charge in [-0.2, -0.15) is 0 Å². The number of hydrogen-bond acceptors (Lipinski definition) is 3. The maximum Gasteiger partial charge on any atom is 0.244 e. The van der Waals surface area contributed by atoms with Crippen LogP contribution in [0.5, 0.6) is 5.75 Å². The van der Waals surface area contributed by atoms with E-state index in [1.165, 1.54) is 18.2 Å². The summed E-state index contributed by atoms with van der Waals surface area (Å²) in [6.07, 6.45) is 3.75. The first-order valence-corrected chi connectivity index (χ1v) is 8.28. The van der Waals surface area contributed by atoms with Crippen molar-refractivity contribution >= 4 is 23.0 Å². The maximum absolute atomic E-state index is 13.3. The fourth-order valence-corrected chi connectivity index (χ4v) is 2.77. The summed E-state index contributed by atoms with van der Waals surface area (Å²) in [7, 11) is 3.47. The number of carbonyl (C=O) groups is 1. The van der Waals surface area contributed by atoms with Crippen LogP contribution in [0.25, 0.3) is 17.1 Å². The Bertz CT molecular complexity index is 963. The number of para-hydroxylation sites is 1. The molecular weight excluding hydrogens is 333 g/mol. The first-order chi connectivity index (χ1) is 12.6. The van der Waals surface area contributed by atoms with Crippen molar-refractivity contribution in [3.63, 3.8) is 0 Å². The van der Waals surface area contributed by atoms with E-state index in [4.69, 9.17) is 4.74 Å². The second-order valence-corrected chi connectivity index (χ2v) is 5.84. The summed E-state index contributed by atoms with van der Waals surface area (Å²) in [5, 5.41) is 2.83. The number of methoxy groups -OCH3 is 1.